The van der Waals surface area contributed by atoms with Gasteiger partial charge >= 0.3 is 0 Å². The van der Waals surface area contributed by atoms with Crippen LogP contribution in [0.1, 0.15) is 35.7 Å². The number of pyridine rings is 1. The molecule has 0 saturated carbocycles. The highest BCUT2D eigenvalue weighted by Gasteiger charge is 2.30. The van der Waals surface area contributed by atoms with Gasteiger partial charge in [-0.2, -0.15) is 0 Å². The van der Waals surface area contributed by atoms with Gasteiger partial charge < -0.3 is 19.3 Å². The largest absolute Gasteiger partial charge is 0.494 e. The lowest BCUT2D eigenvalue weighted by Crippen LogP contribution is -2.46. The van der Waals surface area contributed by atoms with Crippen LogP contribution in [0.15, 0.2) is 42.6 Å². The van der Waals surface area contributed by atoms with E-state index in [1.165, 1.54) is 0 Å². The third kappa shape index (κ3) is 5.46. The summed E-state index contributed by atoms with van der Waals surface area (Å²) >= 11 is 0. The molecule has 0 atom stereocenters. The minimum absolute atomic E-state index is 0.0637. The Bertz CT molecular complexity index is 917. The zero-order chi connectivity index (χ0) is 22.3. The van der Waals surface area contributed by atoms with Gasteiger partial charge in [-0.05, 0) is 49.6 Å². The van der Waals surface area contributed by atoms with Crippen molar-refractivity contribution in [1.82, 2.24) is 9.88 Å². The molecule has 2 aliphatic heterocycles. The third-order valence-electron chi connectivity index (χ3n) is 6.16. The van der Waals surface area contributed by atoms with E-state index in [0.717, 1.165) is 43.1 Å². The van der Waals surface area contributed by atoms with Crippen LogP contribution < -0.4 is 9.64 Å². The molecule has 2 fully saturated rings. The fourth-order valence-electron chi connectivity index (χ4n) is 4.32. The standard InChI is InChI=1S/C25H31N3O4/c1-2-32-22-5-3-19(4-6-22)17-23(29)21-7-10-26-24(18-21)27-11-8-20(9-12-27)25(30)28-13-15-31-16-14-28/h3-7,10,18,20H,2,8-9,11-17H2,1H3. The average molecular weight is 438 g/mol. The van der Waals surface area contributed by atoms with Crippen LogP contribution in [0.2, 0.25) is 0 Å². The molecule has 4 rings (SSSR count). The van der Waals surface area contributed by atoms with E-state index in [0.29, 0.717) is 44.9 Å². The van der Waals surface area contributed by atoms with Crippen molar-refractivity contribution in [1.29, 1.82) is 0 Å². The monoisotopic (exact) mass is 437 g/mol. The molecule has 1 aromatic carbocycles. The Morgan fingerprint density at radius 3 is 2.47 bits per heavy atom. The summed E-state index contributed by atoms with van der Waals surface area (Å²) in [5, 5.41) is 0. The van der Waals surface area contributed by atoms with Crippen molar-refractivity contribution in [3.8, 4) is 5.75 Å². The van der Waals surface area contributed by atoms with Gasteiger partial charge in [0.15, 0.2) is 5.78 Å². The van der Waals surface area contributed by atoms with E-state index in [1.54, 1.807) is 12.3 Å². The Balaban J connectivity index is 1.33. The summed E-state index contributed by atoms with van der Waals surface area (Å²) in [6.45, 7) is 6.75. The summed E-state index contributed by atoms with van der Waals surface area (Å²) in [6, 6.07) is 11.3. The highest BCUT2D eigenvalue weighted by molar-refractivity contribution is 5.98. The van der Waals surface area contributed by atoms with E-state index < -0.39 is 0 Å². The minimum Gasteiger partial charge on any atom is -0.494 e. The van der Waals surface area contributed by atoms with Gasteiger partial charge in [0.05, 0.1) is 19.8 Å². The predicted octanol–water partition coefficient (Wildman–Crippen LogP) is 2.98. The lowest BCUT2D eigenvalue weighted by molar-refractivity contribution is -0.140. The molecule has 3 heterocycles. The maximum atomic E-state index is 12.8. The summed E-state index contributed by atoms with van der Waals surface area (Å²) in [6.07, 6.45) is 3.65. The van der Waals surface area contributed by atoms with Crippen molar-refractivity contribution in [2.45, 2.75) is 26.2 Å². The summed E-state index contributed by atoms with van der Waals surface area (Å²) in [4.78, 5) is 34.2. The van der Waals surface area contributed by atoms with Crippen molar-refractivity contribution in [2.75, 3.05) is 50.9 Å². The molecule has 7 heteroatoms. The average Bonchev–Trinajstić information content (AvgIpc) is 2.86. The zero-order valence-corrected chi connectivity index (χ0v) is 18.7. The van der Waals surface area contributed by atoms with Crippen molar-refractivity contribution in [2.24, 2.45) is 5.92 Å². The van der Waals surface area contributed by atoms with E-state index >= 15 is 0 Å². The molecule has 0 unspecified atom stereocenters. The summed E-state index contributed by atoms with van der Waals surface area (Å²) in [7, 11) is 0. The number of hydrogen-bond acceptors (Lipinski definition) is 6. The van der Waals surface area contributed by atoms with Crippen LogP contribution in [0, 0.1) is 5.92 Å². The number of anilines is 1. The Labute approximate surface area is 189 Å². The van der Waals surface area contributed by atoms with E-state index in [9.17, 15) is 9.59 Å². The van der Waals surface area contributed by atoms with Gasteiger partial charge in [0, 0.05) is 50.3 Å². The molecule has 1 amide bonds. The van der Waals surface area contributed by atoms with Crippen molar-refractivity contribution in [3.63, 3.8) is 0 Å². The van der Waals surface area contributed by atoms with Gasteiger partial charge in [0.1, 0.15) is 11.6 Å². The highest BCUT2D eigenvalue weighted by atomic mass is 16.5. The summed E-state index contributed by atoms with van der Waals surface area (Å²) < 4.78 is 10.8. The van der Waals surface area contributed by atoms with Gasteiger partial charge in [0.25, 0.3) is 0 Å². The quantitative estimate of drug-likeness (QED) is 0.620. The van der Waals surface area contributed by atoms with Gasteiger partial charge in [-0.25, -0.2) is 4.98 Å². The number of carbonyl (C=O) groups is 2. The molecule has 2 aliphatic rings. The van der Waals surface area contributed by atoms with Crippen molar-refractivity contribution in [3.05, 3.63) is 53.7 Å². The second kappa shape index (κ2) is 10.6. The Morgan fingerprint density at radius 2 is 1.78 bits per heavy atom. The number of ether oxygens (including phenoxy) is 2. The van der Waals surface area contributed by atoms with Gasteiger partial charge in [-0.3, -0.25) is 9.59 Å². The van der Waals surface area contributed by atoms with Gasteiger partial charge in [-0.15, -0.1) is 0 Å². The molecule has 0 spiro atoms. The SMILES string of the molecule is CCOc1ccc(CC(=O)c2ccnc(N3CCC(C(=O)N4CCOCC4)CC3)c2)cc1. The zero-order valence-electron chi connectivity index (χ0n) is 18.7. The van der Waals surface area contributed by atoms with Crippen LogP contribution in [0.25, 0.3) is 0 Å². The maximum absolute atomic E-state index is 12.8. The van der Waals surface area contributed by atoms with Crippen LogP contribution in [0.5, 0.6) is 5.75 Å². The van der Waals surface area contributed by atoms with Crippen LogP contribution in [0.3, 0.4) is 0 Å². The fraction of sp³-hybridized carbons (Fsp3) is 0.480. The maximum Gasteiger partial charge on any atom is 0.225 e. The highest BCUT2D eigenvalue weighted by Crippen LogP contribution is 2.25. The smallest absolute Gasteiger partial charge is 0.225 e. The van der Waals surface area contributed by atoms with Gasteiger partial charge in [0.2, 0.25) is 5.91 Å². The summed E-state index contributed by atoms with van der Waals surface area (Å²) in [5.41, 5.74) is 1.62. The van der Waals surface area contributed by atoms with E-state index in [2.05, 4.69) is 9.88 Å². The molecule has 2 aromatic rings. The number of hydrogen-bond donors (Lipinski definition) is 0. The Morgan fingerprint density at radius 1 is 1.06 bits per heavy atom. The molecule has 0 bridgehead atoms. The number of nitrogens with zero attached hydrogens (tertiary/aromatic N) is 3. The normalized spacial score (nSPS) is 17.3. The predicted molar refractivity (Wildman–Crippen MR) is 122 cm³/mol. The molecule has 1 aromatic heterocycles. The van der Waals surface area contributed by atoms with Crippen molar-refractivity contribution < 1.29 is 19.1 Å². The second-order valence-corrected chi connectivity index (χ2v) is 8.28. The Hall–Kier alpha value is -2.93. The van der Waals surface area contributed by atoms with Gasteiger partial charge in [-0.1, -0.05) is 12.1 Å². The number of benzene rings is 1. The van der Waals surface area contributed by atoms with E-state index in [-0.39, 0.29) is 17.6 Å². The Kier molecular flexibility index (Phi) is 7.37. The number of piperidine rings is 1. The molecule has 0 radical (unpaired) electrons. The van der Waals surface area contributed by atoms with Crippen LogP contribution in [0.4, 0.5) is 5.82 Å². The van der Waals surface area contributed by atoms with Crippen molar-refractivity contribution >= 4 is 17.5 Å². The number of amides is 1. The molecule has 2 saturated heterocycles. The molecule has 170 valence electrons. The molecular weight excluding hydrogens is 406 g/mol. The van der Waals surface area contributed by atoms with Crippen LogP contribution in [-0.2, 0) is 16.0 Å². The first kappa shape index (κ1) is 22.3. The number of Topliss-reactive ketones (excluding diaryl/α,β-unsaturated/α-hetero) is 1. The fourth-order valence-corrected chi connectivity index (χ4v) is 4.32. The van der Waals surface area contributed by atoms with Crippen LogP contribution >= 0.6 is 0 Å². The third-order valence-corrected chi connectivity index (χ3v) is 6.16. The second-order valence-electron chi connectivity index (χ2n) is 8.28. The lowest BCUT2D eigenvalue weighted by atomic mass is 9.95. The van der Waals surface area contributed by atoms with E-state index in [4.69, 9.17) is 9.47 Å². The molecule has 32 heavy (non-hydrogen) atoms. The number of morpholine rings is 1. The first-order valence-electron chi connectivity index (χ1n) is 11.5. The first-order valence-corrected chi connectivity index (χ1v) is 11.5. The number of aromatic nitrogens is 1. The minimum atomic E-state index is 0.0637. The number of rotatable bonds is 7. The first-order chi connectivity index (χ1) is 15.6. The topological polar surface area (TPSA) is 72.0 Å². The summed E-state index contributed by atoms with van der Waals surface area (Å²) in [5.74, 6) is 1.99. The number of carbonyl (C=O) groups excluding carboxylic acids is 2. The van der Waals surface area contributed by atoms with Crippen LogP contribution in [-0.4, -0.2) is 67.6 Å². The lowest BCUT2D eigenvalue weighted by Gasteiger charge is -2.36. The number of ketones is 1. The molecule has 0 N–H and O–H groups in total. The molecule has 0 aliphatic carbocycles. The van der Waals surface area contributed by atoms with E-state index in [1.807, 2.05) is 42.2 Å². The molecular formula is C25H31N3O4. The molecule has 7 nitrogen and oxygen atoms in total.